The molecule has 3 saturated heterocycles. The molecule has 8 rings (SSSR count). The summed E-state index contributed by atoms with van der Waals surface area (Å²) in [5.41, 5.74) is 0.490. The number of anilines is 1. The van der Waals surface area contributed by atoms with Gasteiger partial charge in [0, 0.05) is 37.0 Å². The SMILES string of the molecule is COC(=O)N[C@H](C(=O)N1CCC[C@H]1c1nc2c([nH]1)C=CC(C)([C@H]1CC[C@@H](c3ccc4[nH]c([C@@H]5CCCN5C(=O)[C@@H](NC(=O)OC)C(C)C)nc4c3)N1c1cc(F)c(C(F)(F)F)cc1F)C2)C(C)C. The topological polar surface area (TPSA) is 178 Å². The van der Waals surface area contributed by atoms with Crippen molar-refractivity contribution in [2.75, 3.05) is 32.2 Å². The molecule has 0 spiro atoms. The van der Waals surface area contributed by atoms with Crippen molar-refractivity contribution in [2.45, 2.75) is 122 Å². The van der Waals surface area contributed by atoms with E-state index in [0.29, 0.717) is 98.0 Å². The van der Waals surface area contributed by atoms with Crippen LogP contribution >= 0.6 is 0 Å². The molecule has 4 N–H and O–H groups in total. The Hall–Kier alpha value is -6.21. The third-order valence-electron chi connectivity index (χ3n) is 14.2. The molecule has 2 aromatic carbocycles. The van der Waals surface area contributed by atoms with Gasteiger partial charge in [-0.3, -0.25) is 9.59 Å². The summed E-state index contributed by atoms with van der Waals surface area (Å²) < 4.78 is 83.1. The minimum Gasteiger partial charge on any atom is -0.453 e. The highest BCUT2D eigenvalue weighted by atomic mass is 19.4. The zero-order chi connectivity index (χ0) is 49.0. The number of ether oxygens (including phenoxy) is 2. The number of rotatable bonds is 11. The quantitative estimate of drug-likeness (QED) is 0.107. The van der Waals surface area contributed by atoms with E-state index in [9.17, 15) is 32.3 Å². The Labute approximate surface area is 390 Å². The van der Waals surface area contributed by atoms with Crippen molar-refractivity contribution in [1.29, 1.82) is 0 Å². The summed E-state index contributed by atoms with van der Waals surface area (Å²) in [5, 5.41) is 5.31. The van der Waals surface area contributed by atoms with Crippen LogP contribution in [-0.2, 0) is 31.7 Å². The predicted molar refractivity (Wildman–Crippen MR) is 241 cm³/mol. The van der Waals surface area contributed by atoms with E-state index in [1.54, 1.807) is 14.7 Å². The maximum atomic E-state index is 16.3. The van der Waals surface area contributed by atoms with Gasteiger partial charge >= 0.3 is 18.4 Å². The summed E-state index contributed by atoms with van der Waals surface area (Å²) in [7, 11) is 2.47. The van der Waals surface area contributed by atoms with Gasteiger partial charge in [-0.15, -0.1) is 0 Å². The molecule has 5 heterocycles. The minimum atomic E-state index is -5.12. The average Bonchev–Trinajstić information content (AvgIpc) is 4.15. The number of amides is 4. The molecular weight excluding hydrogens is 894 g/mol. The first-order chi connectivity index (χ1) is 32.2. The van der Waals surface area contributed by atoms with Gasteiger partial charge in [0.1, 0.15) is 35.4 Å². The number of alkyl carbamates (subject to hydrolysis) is 2. The molecule has 2 aromatic heterocycles. The number of nitrogens with zero attached hydrogens (tertiary/aromatic N) is 5. The highest BCUT2D eigenvalue weighted by Crippen LogP contribution is 2.51. The number of imidazole rings is 2. The van der Waals surface area contributed by atoms with Gasteiger partial charge in [-0.2, -0.15) is 13.2 Å². The number of aromatic nitrogens is 4. The lowest BCUT2D eigenvalue weighted by Crippen LogP contribution is -2.51. The number of halogens is 5. The Kier molecular flexibility index (Phi) is 13.3. The molecule has 0 radical (unpaired) electrons. The number of alkyl halides is 3. The van der Waals surface area contributed by atoms with E-state index in [4.69, 9.17) is 19.4 Å². The molecule has 7 atom stereocenters. The molecule has 15 nitrogen and oxygen atoms in total. The Bertz CT molecular complexity index is 2610. The van der Waals surface area contributed by atoms with Crippen LogP contribution in [0.15, 0.2) is 36.4 Å². The fourth-order valence-corrected chi connectivity index (χ4v) is 10.7. The molecule has 3 fully saturated rings. The van der Waals surface area contributed by atoms with E-state index in [0.717, 1.165) is 5.69 Å². The molecule has 366 valence electrons. The lowest BCUT2D eigenvalue weighted by atomic mass is 9.74. The number of aromatic amines is 2. The van der Waals surface area contributed by atoms with E-state index < -0.39 is 77.2 Å². The summed E-state index contributed by atoms with van der Waals surface area (Å²) in [4.78, 5) is 73.9. The zero-order valence-corrected chi connectivity index (χ0v) is 39.1. The van der Waals surface area contributed by atoms with E-state index in [2.05, 4.69) is 20.6 Å². The molecule has 0 bridgehead atoms. The highest BCUT2D eigenvalue weighted by molar-refractivity contribution is 5.87. The second kappa shape index (κ2) is 18.7. The first kappa shape index (κ1) is 48.3. The molecule has 0 saturated carbocycles. The third kappa shape index (κ3) is 9.09. The third-order valence-corrected chi connectivity index (χ3v) is 14.2. The van der Waals surface area contributed by atoms with Gasteiger partial charge in [0.25, 0.3) is 0 Å². The maximum Gasteiger partial charge on any atom is 0.419 e. The van der Waals surface area contributed by atoms with Crippen molar-refractivity contribution in [1.82, 2.24) is 40.4 Å². The number of nitrogens with one attached hydrogen (secondary N) is 4. The Morgan fingerprint density at radius 2 is 1.37 bits per heavy atom. The van der Waals surface area contributed by atoms with Crippen LogP contribution in [0.3, 0.4) is 0 Å². The first-order valence-electron chi connectivity index (χ1n) is 23.1. The van der Waals surface area contributed by atoms with Crippen LogP contribution in [-0.4, -0.2) is 99.2 Å². The number of carbonyl (C=O) groups excluding carboxylic acids is 4. The van der Waals surface area contributed by atoms with Crippen LogP contribution < -0.4 is 15.5 Å². The van der Waals surface area contributed by atoms with E-state index in [1.807, 2.05) is 65.0 Å². The van der Waals surface area contributed by atoms with Gasteiger partial charge in [0.2, 0.25) is 11.8 Å². The predicted octanol–water partition coefficient (Wildman–Crippen LogP) is 8.66. The monoisotopic (exact) mass is 951 g/mol. The van der Waals surface area contributed by atoms with Crippen LogP contribution in [0.25, 0.3) is 17.1 Å². The van der Waals surface area contributed by atoms with Crippen LogP contribution in [0, 0.1) is 28.9 Å². The van der Waals surface area contributed by atoms with Gasteiger partial charge in [-0.05, 0) is 80.2 Å². The van der Waals surface area contributed by atoms with Crippen molar-refractivity contribution in [3.63, 3.8) is 0 Å². The van der Waals surface area contributed by atoms with Crippen molar-refractivity contribution in [3.8, 4) is 0 Å². The van der Waals surface area contributed by atoms with Gasteiger partial charge in [0.15, 0.2) is 0 Å². The second-order valence-electron chi connectivity index (χ2n) is 19.3. The van der Waals surface area contributed by atoms with Crippen LogP contribution in [0.1, 0.15) is 125 Å². The van der Waals surface area contributed by atoms with E-state index in [1.165, 1.54) is 14.2 Å². The first-order valence-corrected chi connectivity index (χ1v) is 23.1. The van der Waals surface area contributed by atoms with Crippen LogP contribution in [0.4, 0.5) is 37.2 Å². The van der Waals surface area contributed by atoms with Crippen molar-refractivity contribution in [2.24, 2.45) is 17.3 Å². The maximum absolute atomic E-state index is 16.3. The molecule has 1 unspecified atom stereocenters. The minimum absolute atomic E-state index is 0.218. The second-order valence-corrected chi connectivity index (χ2v) is 19.3. The number of carbonyl (C=O) groups is 4. The molecule has 4 amide bonds. The van der Waals surface area contributed by atoms with Crippen LogP contribution in [0.5, 0.6) is 0 Å². The Balaban J connectivity index is 1.10. The number of fused-ring (bicyclic) bond motifs is 2. The van der Waals surface area contributed by atoms with Crippen molar-refractivity contribution < 1.29 is 50.6 Å². The number of hydrogen-bond acceptors (Lipinski definition) is 9. The summed E-state index contributed by atoms with van der Waals surface area (Å²) in [6, 6.07) is 2.70. The number of benzene rings is 2. The summed E-state index contributed by atoms with van der Waals surface area (Å²) in [6.07, 6.45) is 1.19. The molecule has 1 aliphatic carbocycles. The van der Waals surface area contributed by atoms with Gasteiger partial charge in [0.05, 0.1) is 66.0 Å². The van der Waals surface area contributed by atoms with Crippen LogP contribution in [0.2, 0.25) is 0 Å². The highest BCUT2D eigenvalue weighted by Gasteiger charge is 2.48. The number of H-pyrrole nitrogens is 2. The largest absolute Gasteiger partial charge is 0.453 e. The van der Waals surface area contributed by atoms with Crippen molar-refractivity contribution in [3.05, 3.63) is 82.2 Å². The van der Waals surface area contributed by atoms with E-state index in [-0.39, 0.29) is 35.4 Å². The standard InChI is InChI=1S/C48H58F5N9O6/c1-24(2)39(58-45(65)67-6)43(63)60-18-8-10-35(60)41-54-30-13-12-26(20-32(30)56-41)34-14-15-38(62(34)37-22-28(49)27(21-29(37)50)48(51,52)53)47(5)17-16-31-33(23-47)57-42(55-31)36-11-9-19-61(36)44(64)40(25(3)4)59-46(66)68-7/h12-13,16-17,20-22,24-25,34-36,38-40H,8-11,14-15,18-19,23H2,1-7H3,(H,54,56)(H,55,57)(H,58,65)(H,59,66)/t34-,35-,36-,38+,39-,40-,47?/m0/s1. The van der Waals surface area contributed by atoms with E-state index >= 15 is 8.78 Å². The summed E-state index contributed by atoms with van der Waals surface area (Å²) in [6.45, 7) is 10.2. The number of hydrogen-bond donors (Lipinski definition) is 4. The molecule has 4 aromatic rings. The van der Waals surface area contributed by atoms with Gasteiger partial charge in [-0.25, -0.2) is 28.3 Å². The van der Waals surface area contributed by atoms with Gasteiger partial charge < -0.3 is 44.8 Å². The zero-order valence-electron chi connectivity index (χ0n) is 39.1. The lowest BCUT2D eigenvalue weighted by Gasteiger charge is -2.43. The summed E-state index contributed by atoms with van der Waals surface area (Å²) in [5.74, 6) is -2.68. The molecule has 20 heteroatoms. The smallest absolute Gasteiger partial charge is 0.419 e. The summed E-state index contributed by atoms with van der Waals surface area (Å²) >= 11 is 0. The number of likely N-dealkylation sites (tertiary alicyclic amines) is 2. The number of methoxy groups -OCH3 is 2. The fourth-order valence-electron chi connectivity index (χ4n) is 10.7. The van der Waals surface area contributed by atoms with Gasteiger partial charge in [-0.1, -0.05) is 46.8 Å². The Morgan fingerprint density at radius 3 is 1.93 bits per heavy atom. The molecule has 68 heavy (non-hydrogen) atoms. The molecular formula is C48H58F5N9O6. The molecule has 3 aliphatic heterocycles. The normalized spacial score (nSPS) is 23.6. The average molecular weight is 952 g/mol. The van der Waals surface area contributed by atoms with Crippen molar-refractivity contribution >= 4 is 46.8 Å². The lowest BCUT2D eigenvalue weighted by molar-refractivity contribution is -0.140. The Morgan fingerprint density at radius 1 is 0.779 bits per heavy atom. The molecule has 4 aliphatic rings. The fraction of sp³-hybridized carbons (Fsp3) is 0.542.